The van der Waals surface area contributed by atoms with Crippen molar-refractivity contribution < 1.29 is 0 Å². The minimum atomic E-state index is 0. The second-order valence-corrected chi connectivity index (χ2v) is 5.73. The number of nitrogens with one attached hydrogen (secondary N) is 1. The van der Waals surface area contributed by atoms with Crippen LogP contribution in [0.2, 0.25) is 0 Å². The Balaban J connectivity index is 0.00000120. The van der Waals surface area contributed by atoms with E-state index in [-0.39, 0.29) is 12.4 Å². The van der Waals surface area contributed by atoms with Gasteiger partial charge in [-0.25, -0.2) is 0 Å². The molecule has 2 aliphatic heterocycles. The van der Waals surface area contributed by atoms with Gasteiger partial charge in [0.25, 0.3) is 0 Å². The minimum Gasteiger partial charge on any atom is -0.316 e. The molecule has 0 bridgehead atoms. The van der Waals surface area contributed by atoms with E-state index < -0.39 is 0 Å². The maximum absolute atomic E-state index is 3.50. The topological polar surface area (TPSA) is 15.3 Å². The monoisotopic (exact) mass is 266 g/mol. The van der Waals surface area contributed by atoms with Crippen LogP contribution in [0.1, 0.15) is 16.7 Å². The molecule has 0 saturated carbocycles. The highest BCUT2D eigenvalue weighted by Crippen LogP contribution is 2.28. The van der Waals surface area contributed by atoms with Crippen molar-refractivity contribution in [3.8, 4) is 0 Å². The summed E-state index contributed by atoms with van der Waals surface area (Å²) in [5.74, 6) is 1.81. The van der Waals surface area contributed by atoms with Gasteiger partial charge in [0.15, 0.2) is 0 Å². The molecule has 0 radical (unpaired) electrons. The number of aryl methyl sites for hydroxylation is 1. The fraction of sp³-hybridized carbons (Fsp3) is 0.600. The summed E-state index contributed by atoms with van der Waals surface area (Å²) >= 11 is 0. The molecule has 2 atom stereocenters. The molecule has 2 aliphatic rings. The first-order valence-electron chi connectivity index (χ1n) is 6.72. The standard InChI is InChI=1S/C15H22N2.ClH/c1-11-4-3-5-13(12(11)2)8-17-9-14-6-16-7-15(14)10-17;/h3-5,14-16H,6-10H2,1-2H3;1H/t14-,15+;. The average Bonchev–Trinajstić information content (AvgIpc) is 2.85. The number of rotatable bonds is 2. The van der Waals surface area contributed by atoms with E-state index in [9.17, 15) is 0 Å². The van der Waals surface area contributed by atoms with Crippen molar-refractivity contribution in [2.75, 3.05) is 26.2 Å². The Morgan fingerprint density at radius 2 is 1.83 bits per heavy atom. The zero-order valence-corrected chi connectivity index (χ0v) is 12.1. The number of hydrogen-bond acceptors (Lipinski definition) is 2. The lowest BCUT2D eigenvalue weighted by atomic mass is 10.0. The van der Waals surface area contributed by atoms with Crippen molar-refractivity contribution in [2.45, 2.75) is 20.4 Å². The van der Waals surface area contributed by atoms with Crippen LogP contribution in [-0.2, 0) is 6.54 Å². The largest absolute Gasteiger partial charge is 0.316 e. The number of fused-ring (bicyclic) bond motifs is 1. The van der Waals surface area contributed by atoms with E-state index in [1.165, 1.54) is 42.9 Å². The van der Waals surface area contributed by atoms with Crippen LogP contribution in [0.4, 0.5) is 0 Å². The van der Waals surface area contributed by atoms with Crippen LogP contribution in [0.15, 0.2) is 18.2 Å². The molecule has 2 fully saturated rings. The molecule has 0 spiro atoms. The summed E-state index contributed by atoms with van der Waals surface area (Å²) in [5, 5.41) is 3.50. The minimum absolute atomic E-state index is 0. The van der Waals surface area contributed by atoms with Gasteiger partial charge < -0.3 is 5.32 Å². The van der Waals surface area contributed by atoms with Gasteiger partial charge in [-0.1, -0.05) is 18.2 Å². The molecule has 3 rings (SSSR count). The van der Waals surface area contributed by atoms with E-state index in [1.54, 1.807) is 0 Å². The summed E-state index contributed by atoms with van der Waals surface area (Å²) in [7, 11) is 0. The van der Waals surface area contributed by atoms with Gasteiger partial charge in [-0.15, -0.1) is 12.4 Å². The van der Waals surface area contributed by atoms with Crippen LogP contribution in [-0.4, -0.2) is 31.1 Å². The molecule has 2 heterocycles. The Labute approximate surface area is 116 Å². The summed E-state index contributed by atoms with van der Waals surface area (Å²) in [6.45, 7) is 10.6. The number of halogens is 1. The maximum Gasteiger partial charge on any atom is 0.0236 e. The number of likely N-dealkylation sites (tertiary alicyclic amines) is 1. The molecule has 2 nitrogen and oxygen atoms in total. The highest BCUT2D eigenvalue weighted by Gasteiger charge is 2.35. The van der Waals surface area contributed by atoms with Crippen LogP contribution >= 0.6 is 12.4 Å². The predicted octanol–water partition coefficient (Wildman–Crippen LogP) is 2.38. The van der Waals surface area contributed by atoms with E-state index in [0.29, 0.717) is 0 Å². The van der Waals surface area contributed by atoms with Gasteiger partial charge in [0, 0.05) is 19.6 Å². The third-order valence-corrected chi connectivity index (χ3v) is 4.58. The lowest BCUT2D eigenvalue weighted by molar-refractivity contribution is 0.305. The average molecular weight is 267 g/mol. The summed E-state index contributed by atoms with van der Waals surface area (Å²) in [5.41, 5.74) is 4.41. The normalized spacial score (nSPS) is 27.0. The van der Waals surface area contributed by atoms with Crippen molar-refractivity contribution in [2.24, 2.45) is 11.8 Å². The molecule has 1 aromatic carbocycles. The fourth-order valence-corrected chi connectivity index (χ4v) is 3.31. The highest BCUT2D eigenvalue weighted by atomic mass is 35.5. The van der Waals surface area contributed by atoms with E-state index in [0.717, 1.165) is 18.4 Å². The first kappa shape index (κ1) is 13.9. The molecule has 1 aromatic rings. The lowest BCUT2D eigenvalue weighted by Gasteiger charge is -2.19. The molecular weight excluding hydrogens is 244 g/mol. The van der Waals surface area contributed by atoms with E-state index >= 15 is 0 Å². The lowest BCUT2D eigenvalue weighted by Crippen LogP contribution is -2.25. The second kappa shape index (κ2) is 5.60. The smallest absolute Gasteiger partial charge is 0.0236 e. The van der Waals surface area contributed by atoms with Gasteiger partial charge in [-0.2, -0.15) is 0 Å². The summed E-state index contributed by atoms with van der Waals surface area (Å²) in [4.78, 5) is 2.64. The summed E-state index contributed by atoms with van der Waals surface area (Å²) < 4.78 is 0. The van der Waals surface area contributed by atoms with Crippen molar-refractivity contribution in [1.29, 1.82) is 0 Å². The number of nitrogens with zero attached hydrogens (tertiary/aromatic N) is 1. The Hall–Kier alpha value is -0.570. The first-order valence-corrected chi connectivity index (χ1v) is 6.72. The first-order chi connectivity index (χ1) is 8.24. The molecule has 18 heavy (non-hydrogen) atoms. The zero-order chi connectivity index (χ0) is 11.8. The molecule has 100 valence electrons. The Kier molecular flexibility index (Phi) is 4.31. The van der Waals surface area contributed by atoms with Crippen LogP contribution < -0.4 is 5.32 Å². The van der Waals surface area contributed by atoms with Crippen molar-refractivity contribution >= 4 is 12.4 Å². The van der Waals surface area contributed by atoms with Crippen LogP contribution in [0, 0.1) is 25.7 Å². The van der Waals surface area contributed by atoms with Gasteiger partial charge in [0.2, 0.25) is 0 Å². The van der Waals surface area contributed by atoms with Crippen LogP contribution in [0.25, 0.3) is 0 Å². The molecule has 1 N–H and O–H groups in total. The van der Waals surface area contributed by atoms with Gasteiger partial charge in [0.1, 0.15) is 0 Å². The van der Waals surface area contributed by atoms with Crippen LogP contribution in [0.3, 0.4) is 0 Å². The Morgan fingerprint density at radius 1 is 1.17 bits per heavy atom. The summed E-state index contributed by atoms with van der Waals surface area (Å²) in [6, 6.07) is 6.69. The molecule has 0 aliphatic carbocycles. The second-order valence-electron chi connectivity index (χ2n) is 5.73. The van der Waals surface area contributed by atoms with Gasteiger partial charge in [-0.05, 0) is 55.5 Å². The SMILES string of the molecule is Cc1cccc(CN2C[C@H]3CNC[C@H]3C2)c1C.Cl. The van der Waals surface area contributed by atoms with E-state index in [4.69, 9.17) is 0 Å². The van der Waals surface area contributed by atoms with Gasteiger partial charge in [-0.3, -0.25) is 4.90 Å². The van der Waals surface area contributed by atoms with E-state index in [2.05, 4.69) is 42.3 Å². The third kappa shape index (κ3) is 2.56. The molecule has 2 saturated heterocycles. The molecule has 0 amide bonds. The van der Waals surface area contributed by atoms with Gasteiger partial charge >= 0.3 is 0 Å². The molecule has 3 heteroatoms. The predicted molar refractivity (Wildman–Crippen MR) is 78.3 cm³/mol. The van der Waals surface area contributed by atoms with Crippen molar-refractivity contribution in [3.63, 3.8) is 0 Å². The fourth-order valence-electron chi connectivity index (χ4n) is 3.31. The van der Waals surface area contributed by atoms with E-state index in [1.807, 2.05) is 0 Å². The zero-order valence-electron chi connectivity index (χ0n) is 11.3. The number of hydrogen-bond donors (Lipinski definition) is 1. The molecular formula is C15H23ClN2. The quantitative estimate of drug-likeness (QED) is 0.884. The molecule has 0 unspecified atom stereocenters. The number of benzene rings is 1. The van der Waals surface area contributed by atoms with Crippen molar-refractivity contribution in [1.82, 2.24) is 10.2 Å². The Morgan fingerprint density at radius 3 is 2.50 bits per heavy atom. The van der Waals surface area contributed by atoms with Crippen LogP contribution in [0.5, 0.6) is 0 Å². The van der Waals surface area contributed by atoms with Crippen molar-refractivity contribution in [3.05, 3.63) is 34.9 Å². The maximum atomic E-state index is 3.50. The summed E-state index contributed by atoms with van der Waals surface area (Å²) in [6.07, 6.45) is 0. The van der Waals surface area contributed by atoms with Gasteiger partial charge in [0.05, 0.1) is 0 Å². The highest BCUT2D eigenvalue weighted by molar-refractivity contribution is 5.85. The third-order valence-electron chi connectivity index (χ3n) is 4.58. The Bertz CT molecular complexity index is 407. The molecule has 0 aromatic heterocycles.